The Labute approximate surface area is 213 Å². The normalized spacial score (nSPS) is 16.5. The van der Waals surface area contributed by atoms with E-state index in [0.29, 0.717) is 36.6 Å². The fourth-order valence-electron chi connectivity index (χ4n) is 3.16. The lowest BCUT2D eigenvalue weighted by molar-refractivity contribution is -0.123. The van der Waals surface area contributed by atoms with E-state index < -0.39 is 0 Å². The number of benzene rings is 2. The standard InChI is InChI=1S/C24H25Cl3N2O3S/c1-13(2)28-24-29(14(3)4)23(30)21(33-24)10-15-8-19(27)22(20(9-15)31-5)32-12-16-6-7-17(25)11-18(16)26/h6-11,13-14H,12H2,1-5H3/b21-10+,28-24?. The highest BCUT2D eigenvalue weighted by Gasteiger charge is 2.35. The van der Waals surface area contributed by atoms with Crippen LogP contribution in [0.5, 0.6) is 11.5 Å². The molecule has 1 amide bonds. The number of thioether (sulfide) groups is 1. The maximum Gasteiger partial charge on any atom is 0.266 e. The second-order valence-electron chi connectivity index (χ2n) is 7.94. The number of carbonyl (C=O) groups is 1. The molecule has 3 rings (SSSR count). The third kappa shape index (κ3) is 6.18. The SMILES string of the molecule is COc1cc(/C=C2/SC(=NC(C)C)N(C(C)C)C2=O)cc(Cl)c1OCc1ccc(Cl)cc1Cl. The maximum absolute atomic E-state index is 13.0. The molecule has 0 radical (unpaired) electrons. The first-order valence-electron chi connectivity index (χ1n) is 10.4. The van der Waals surface area contributed by atoms with Gasteiger partial charge < -0.3 is 9.47 Å². The number of carbonyl (C=O) groups excluding carboxylic acids is 1. The lowest BCUT2D eigenvalue weighted by atomic mass is 10.1. The summed E-state index contributed by atoms with van der Waals surface area (Å²) in [5.41, 5.74) is 1.49. The first-order chi connectivity index (χ1) is 15.6. The van der Waals surface area contributed by atoms with E-state index >= 15 is 0 Å². The molecule has 2 aromatic rings. The quantitative estimate of drug-likeness (QED) is 0.354. The third-order valence-corrected chi connectivity index (χ3v) is 6.52. The van der Waals surface area contributed by atoms with E-state index in [9.17, 15) is 4.79 Å². The molecule has 5 nitrogen and oxygen atoms in total. The molecule has 2 aromatic carbocycles. The molecule has 0 atom stereocenters. The second kappa shape index (κ2) is 11.0. The molecule has 0 N–H and O–H groups in total. The van der Waals surface area contributed by atoms with E-state index in [1.807, 2.05) is 27.7 Å². The molecule has 0 unspecified atom stereocenters. The Hall–Kier alpha value is -1.86. The minimum atomic E-state index is -0.0813. The van der Waals surface area contributed by atoms with Gasteiger partial charge in [0.25, 0.3) is 5.91 Å². The predicted molar refractivity (Wildman–Crippen MR) is 139 cm³/mol. The van der Waals surface area contributed by atoms with Gasteiger partial charge in [0.05, 0.1) is 17.0 Å². The first-order valence-corrected chi connectivity index (χ1v) is 12.3. The number of methoxy groups -OCH3 is 1. The molecule has 0 saturated carbocycles. The van der Waals surface area contributed by atoms with Crippen LogP contribution in [0.15, 0.2) is 40.2 Å². The van der Waals surface area contributed by atoms with Crippen LogP contribution in [0.4, 0.5) is 0 Å². The van der Waals surface area contributed by atoms with E-state index in [2.05, 4.69) is 4.99 Å². The molecule has 1 heterocycles. The summed E-state index contributed by atoms with van der Waals surface area (Å²) in [7, 11) is 1.54. The predicted octanol–water partition coefficient (Wildman–Crippen LogP) is 7.32. The Kier molecular flexibility index (Phi) is 8.62. The fraction of sp³-hybridized carbons (Fsp3) is 0.333. The van der Waals surface area contributed by atoms with E-state index in [1.165, 1.54) is 18.9 Å². The molecule has 1 aliphatic heterocycles. The molecule has 1 saturated heterocycles. The zero-order valence-electron chi connectivity index (χ0n) is 19.0. The molecular weight excluding hydrogens is 503 g/mol. The number of hydrogen-bond acceptors (Lipinski definition) is 5. The smallest absolute Gasteiger partial charge is 0.266 e. The molecule has 176 valence electrons. The van der Waals surface area contributed by atoms with Crippen molar-refractivity contribution in [1.82, 2.24) is 4.90 Å². The van der Waals surface area contributed by atoms with Crippen LogP contribution >= 0.6 is 46.6 Å². The van der Waals surface area contributed by atoms with Gasteiger partial charge in [-0.15, -0.1) is 0 Å². The lowest BCUT2D eigenvalue weighted by Gasteiger charge is -2.20. The third-order valence-electron chi connectivity index (χ3n) is 4.66. The lowest BCUT2D eigenvalue weighted by Crippen LogP contribution is -2.35. The van der Waals surface area contributed by atoms with Gasteiger partial charge in [0.2, 0.25) is 0 Å². The van der Waals surface area contributed by atoms with Gasteiger partial charge in [-0.2, -0.15) is 0 Å². The molecule has 33 heavy (non-hydrogen) atoms. The molecule has 1 fully saturated rings. The van der Waals surface area contributed by atoms with Gasteiger partial charge in [0.1, 0.15) is 6.61 Å². The molecule has 1 aliphatic rings. The molecular formula is C24H25Cl3N2O3S. The Morgan fingerprint density at radius 1 is 1.09 bits per heavy atom. The highest BCUT2D eigenvalue weighted by Crippen LogP contribution is 2.40. The first kappa shape index (κ1) is 25.8. The van der Waals surface area contributed by atoms with E-state index in [0.717, 1.165) is 11.1 Å². The highest BCUT2D eigenvalue weighted by molar-refractivity contribution is 8.18. The number of aliphatic imine (C=N–C) groups is 1. The Balaban J connectivity index is 1.88. The van der Waals surface area contributed by atoms with Crippen molar-refractivity contribution in [2.24, 2.45) is 4.99 Å². The van der Waals surface area contributed by atoms with Gasteiger partial charge >= 0.3 is 0 Å². The summed E-state index contributed by atoms with van der Waals surface area (Å²) in [5, 5.41) is 2.12. The summed E-state index contributed by atoms with van der Waals surface area (Å²) in [4.78, 5) is 19.9. The van der Waals surface area contributed by atoms with Crippen LogP contribution < -0.4 is 9.47 Å². The van der Waals surface area contributed by atoms with Crippen LogP contribution in [0.1, 0.15) is 38.8 Å². The van der Waals surface area contributed by atoms with Crippen LogP contribution in [0.25, 0.3) is 6.08 Å². The average Bonchev–Trinajstić information content (AvgIpc) is 3.02. The van der Waals surface area contributed by atoms with Gasteiger partial charge in [0, 0.05) is 27.7 Å². The van der Waals surface area contributed by atoms with Gasteiger partial charge in [0.15, 0.2) is 16.7 Å². The molecule has 0 bridgehead atoms. The number of amidine groups is 1. The molecule has 9 heteroatoms. The number of halogens is 3. The van der Waals surface area contributed by atoms with Gasteiger partial charge in [-0.25, -0.2) is 0 Å². The monoisotopic (exact) mass is 526 g/mol. The summed E-state index contributed by atoms with van der Waals surface area (Å²) in [5.74, 6) is 0.762. The number of ether oxygens (including phenoxy) is 2. The Morgan fingerprint density at radius 3 is 2.42 bits per heavy atom. The topological polar surface area (TPSA) is 51.1 Å². The Bertz CT molecular complexity index is 1120. The number of hydrogen-bond donors (Lipinski definition) is 0. The highest BCUT2D eigenvalue weighted by atomic mass is 35.5. The zero-order valence-corrected chi connectivity index (χ0v) is 22.1. The van der Waals surface area contributed by atoms with Gasteiger partial charge in [-0.3, -0.25) is 14.7 Å². The van der Waals surface area contributed by atoms with Crippen LogP contribution in [0.2, 0.25) is 15.1 Å². The summed E-state index contributed by atoms with van der Waals surface area (Å²) in [6.45, 7) is 8.10. The summed E-state index contributed by atoms with van der Waals surface area (Å²) in [6.07, 6.45) is 1.79. The van der Waals surface area contributed by atoms with Crippen molar-refractivity contribution in [1.29, 1.82) is 0 Å². The van der Waals surface area contributed by atoms with Crippen LogP contribution in [0.3, 0.4) is 0 Å². The van der Waals surface area contributed by atoms with Crippen molar-refractivity contribution in [3.05, 3.63) is 61.4 Å². The number of nitrogens with zero attached hydrogens (tertiary/aromatic N) is 2. The van der Waals surface area contributed by atoms with Crippen LogP contribution in [-0.2, 0) is 11.4 Å². The van der Waals surface area contributed by atoms with Crippen molar-refractivity contribution in [3.63, 3.8) is 0 Å². The van der Waals surface area contributed by atoms with Gasteiger partial charge in [-0.1, -0.05) is 40.9 Å². The summed E-state index contributed by atoms with van der Waals surface area (Å²) >= 11 is 20.1. The van der Waals surface area contributed by atoms with E-state index in [1.54, 1.807) is 41.3 Å². The summed E-state index contributed by atoms with van der Waals surface area (Å²) < 4.78 is 11.4. The average molecular weight is 528 g/mol. The van der Waals surface area contributed by atoms with Gasteiger partial charge in [-0.05, 0) is 75.4 Å². The Morgan fingerprint density at radius 2 is 1.82 bits per heavy atom. The molecule has 0 aliphatic carbocycles. The van der Waals surface area contributed by atoms with Crippen LogP contribution in [-0.4, -0.2) is 35.2 Å². The van der Waals surface area contributed by atoms with Crippen LogP contribution in [0, 0.1) is 0 Å². The maximum atomic E-state index is 13.0. The van der Waals surface area contributed by atoms with Crippen molar-refractivity contribution in [3.8, 4) is 11.5 Å². The van der Waals surface area contributed by atoms with Crippen molar-refractivity contribution in [2.45, 2.75) is 46.4 Å². The minimum absolute atomic E-state index is 0.00184. The largest absolute Gasteiger partial charge is 0.493 e. The van der Waals surface area contributed by atoms with Crippen molar-refractivity contribution < 1.29 is 14.3 Å². The second-order valence-corrected chi connectivity index (χ2v) is 10.2. The van der Waals surface area contributed by atoms with Crippen molar-refractivity contribution in [2.75, 3.05) is 7.11 Å². The number of amides is 1. The van der Waals surface area contributed by atoms with E-state index in [4.69, 9.17) is 44.3 Å². The number of rotatable bonds is 7. The zero-order chi connectivity index (χ0) is 24.3. The van der Waals surface area contributed by atoms with Crippen molar-refractivity contribution >= 4 is 63.7 Å². The minimum Gasteiger partial charge on any atom is -0.493 e. The molecule has 0 aromatic heterocycles. The fourth-order valence-corrected chi connectivity index (χ4v) is 5.13. The van der Waals surface area contributed by atoms with E-state index in [-0.39, 0.29) is 24.6 Å². The molecule has 0 spiro atoms. The summed E-state index contributed by atoms with van der Waals surface area (Å²) in [6, 6.07) is 8.80.